The van der Waals surface area contributed by atoms with Gasteiger partial charge in [0, 0.05) is 17.8 Å². The molecule has 2 N–H and O–H groups in total. The third-order valence-corrected chi connectivity index (χ3v) is 3.78. The first-order valence-electron chi connectivity index (χ1n) is 9.15. The van der Waals surface area contributed by atoms with Gasteiger partial charge in [0.05, 0.1) is 5.56 Å². The van der Waals surface area contributed by atoms with Crippen LogP contribution in [0.5, 0.6) is 0 Å². The fraction of sp³-hybridized carbons (Fsp3) is 0.333. The van der Waals surface area contributed by atoms with E-state index >= 15 is 0 Å². The van der Waals surface area contributed by atoms with Crippen molar-refractivity contribution in [3.05, 3.63) is 66.3 Å². The van der Waals surface area contributed by atoms with Gasteiger partial charge in [0.15, 0.2) is 0 Å². The van der Waals surface area contributed by atoms with Gasteiger partial charge in [-0.3, -0.25) is 4.79 Å². The minimum Gasteiger partial charge on any atom is -0.347 e. The normalized spacial score (nSPS) is 12.1. The predicted molar refractivity (Wildman–Crippen MR) is 107 cm³/mol. The molecule has 0 aliphatic heterocycles. The quantitative estimate of drug-likeness (QED) is 0.553. The van der Waals surface area contributed by atoms with E-state index in [1.807, 2.05) is 13.8 Å². The highest BCUT2D eigenvalue weighted by atomic mass is 19.4. The molecular formula is C21H25F4N3O. The number of allylic oxidation sites excluding steroid dienone is 1. The second-order valence-electron chi connectivity index (χ2n) is 6.23. The molecule has 4 nitrogen and oxygen atoms in total. The summed E-state index contributed by atoms with van der Waals surface area (Å²) in [6, 6.07) is 8.03. The lowest BCUT2D eigenvalue weighted by Gasteiger charge is -2.10. The summed E-state index contributed by atoms with van der Waals surface area (Å²) < 4.78 is 49.7. The predicted octanol–water partition coefficient (Wildman–Crippen LogP) is 6.25. The standard InChI is InChI=1S/C12H16FNO.C9H9F3N2/c1-3-4-9(2)12(15)14-11-7-5-10(13)6-8-11;1-2-5-13-8-7(9(10,11)12)4-3-6-14-8/h5-9H,3-4H2,1-2H3,(H,14,15);2-6H,1H3,(H,13,14)/b;5-2+. The van der Waals surface area contributed by atoms with Gasteiger partial charge in [0.25, 0.3) is 0 Å². The van der Waals surface area contributed by atoms with Crippen LogP contribution in [0, 0.1) is 11.7 Å². The Morgan fingerprint density at radius 3 is 2.41 bits per heavy atom. The molecule has 2 rings (SSSR count). The number of anilines is 2. The number of aromatic nitrogens is 1. The highest BCUT2D eigenvalue weighted by Gasteiger charge is 2.33. The average Bonchev–Trinajstić information content (AvgIpc) is 2.68. The molecule has 0 spiro atoms. The van der Waals surface area contributed by atoms with Crippen molar-refractivity contribution in [1.82, 2.24) is 4.98 Å². The van der Waals surface area contributed by atoms with E-state index in [1.165, 1.54) is 30.6 Å². The second kappa shape index (κ2) is 11.8. The first-order chi connectivity index (χ1) is 13.7. The minimum absolute atomic E-state index is 0.0000491. The molecule has 1 heterocycles. The summed E-state index contributed by atoms with van der Waals surface area (Å²) in [5, 5.41) is 5.21. The van der Waals surface area contributed by atoms with Crippen molar-refractivity contribution in [2.45, 2.75) is 39.8 Å². The molecule has 0 aliphatic rings. The van der Waals surface area contributed by atoms with Crippen molar-refractivity contribution in [3.8, 4) is 0 Å². The number of carbonyl (C=O) groups excluding carboxylic acids is 1. The zero-order valence-electron chi connectivity index (χ0n) is 16.6. The van der Waals surface area contributed by atoms with Crippen molar-refractivity contribution in [2.75, 3.05) is 10.6 Å². The van der Waals surface area contributed by atoms with Crippen LogP contribution in [0.3, 0.4) is 0 Å². The number of amides is 1. The van der Waals surface area contributed by atoms with Crippen LogP contribution in [-0.4, -0.2) is 10.9 Å². The van der Waals surface area contributed by atoms with Gasteiger partial charge in [-0.15, -0.1) is 0 Å². The second-order valence-corrected chi connectivity index (χ2v) is 6.23. The Labute approximate surface area is 168 Å². The summed E-state index contributed by atoms with van der Waals surface area (Å²) >= 11 is 0. The van der Waals surface area contributed by atoms with Gasteiger partial charge >= 0.3 is 6.18 Å². The monoisotopic (exact) mass is 411 g/mol. The average molecular weight is 411 g/mol. The third-order valence-electron chi connectivity index (χ3n) is 3.78. The lowest BCUT2D eigenvalue weighted by Crippen LogP contribution is -2.20. The Bertz CT molecular complexity index is 789. The van der Waals surface area contributed by atoms with Crippen molar-refractivity contribution >= 4 is 17.4 Å². The Morgan fingerprint density at radius 1 is 1.21 bits per heavy atom. The minimum atomic E-state index is -4.38. The van der Waals surface area contributed by atoms with Gasteiger partial charge in [-0.1, -0.05) is 26.3 Å². The van der Waals surface area contributed by atoms with Crippen LogP contribution in [0.4, 0.5) is 29.1 Å². The molecular weight excluding hydrogens is 386 g/mol. The molecule has 1 amide bonds. The molecule has 0 saturated carbocycles. The maximum absolute atomic E-state index is 12.6. The number of rotatable bonds is 6. The van der Waals surface area contributed by atoms with Crippen LogP contribution in [0.2, 0.25) is 0 Å². The summed E-state index contributed by atoms with van der Waals surface area (Å²) in [6.07, 6.45) is 1.77. The van der Waals surface area contributed by atoms with Crippen LogP contribution < -0.4 is 10.6 Å². The van der Waals surface area contributed by atoms with Gasteiger partial charge in [-0.2, -0.15) is 13.2 Å². The van der Waals surface area contributed by atoms with Crippen molar-refractivity contribution in [3.63, 3.8) is 0 Å². The van der Waals surface area contributed by atoms with E-state index in [4.69, 9.17) is 0 Å². The Balaban J connectivity index is 0.000000291. The molecule has 0 aliphatic carbocycles. The summed E-state index contributed by atoms with van der Waals surface area (Å²) in [5.41, 5.74) is -0.123. The molecule has 8 heteroatoms. The number of hydrogen-bond acceptors (Lipinski definition) is 3. The van der Waals surface area contributed by atoms with E-state index in [0.717, 1.165) is 18.9 Å². The van der Waals surface area contributed by atoms with E-state index in [9.17, 15) is 22.4 Å². The molecule has 0 fully saturated rings. The highest BCUT2D eigenvalue weighted by molar-refractivity contribution is 5.92. The van der Waals surface area contributed by atoms with E-state index in [2.05, 4.69) is 15.6 Å². The van der Waals surface area contributed by atoms with Gasteiger partial charge in [-0.25, -0.2) is 9.37 Å². The number of alkyl halides is 3. The maximum Gasteiger partial charge on any atom is 0.419 e. The number of nitrogens with one attached hydrogen (secondary N) is 2. The number of pyridine rings is 1. The summed E-state index contributed by atoms with van der Waals surface area (Å²) in [4.78, 5) is 15.2. The Kier molecular flexibility index (Phi) is 9.85. The molecule has 29 heavy (non-hydrogen) atoms. The summed E-state index contributed by atoms with van der Waals surface area (Å²) in [7, 11) is 0. The molecule has 1 aromatic carbocycles. The third kappa shape index (κ3) is 8.76. The number of hydrogen-bond donors (Lipinski definition) is 2. The lowest BCUT2D eigenvalue weighted by atomic mass is 10.1. The van der Waals surface area contributed by atoms with Crippen molar-refractivity contribution < 1.29 is 22.4 Å². The first-order valence-corrected chi connectivity index (χ1v) is 9.15. The number of nitrogens with zero attached hydrogens (tertiary/aromatic N) is 1. The van der Waals surface area contributed by atoms with Crippen molar-refractivity contribution in [1.29, 1.82) is 0 Å². The first kappa shape index (κ1) is 24.1. The molecule has 1 atom stereocenters. The molecule has 0 bridgehead atoms. The molecule has 158 valence electrons. The van der Waals surface area contributed by atoms with Crippen LogP contribution in [-0.2, 0) is 11.0 Å². The molecule has 1 aromatic heterocycles. The summed E-state index contributed by atoms with van der Waals surface area (Å²) in [6.45, 7) is 5.63. The SMILES string of the molecule is C/C=C/Nc1ncccc1C(F)(F)F.CCCC(C)C(=O)Nc1ccc(F)cc1. The van der Waals surface area contributed by atoms with Crippen molar-refractivity contribution in [2.24, 2.45) is 5.92 Å². The summed E-state index contributed by atoms with van der Waals surface area (Å²) in [5.74, 6) is -0.490. The van der Waals surface area contributed by atoms with E-state index in [-0.39, 0.29) is 23.5 Å². The smallest absolute Gasteiger partial charge is 0.347 e. The fourth-order valence-corrected chi connectivity index (χ4v) is 2.27. The molecule has 0 radical (unpaired) electrons. The fourth-order valence-electron chi connectivity index (χ4n) is 2.27. The Morgan fingerprint density at radius 2 is 1.86 bits per heavy atom. The topological polar surface area (TPSA) is 54.0 Å². The van der Waals surface area contributed by atoms with Crippen LogP contribution in [0.25, 0.3) is 0 Å². The van der Waals surface area contributed by atoms with E-state index in [0.29, 0.717) is 5.69 Å². The largest absolute Gasteiger partial charge is 0.419 e. The van der Waals surface area contributed by atoms with E-state index in [1.54, 1.807) is 25.1 Å². The lowest BCUT2D eigenvalue weighted by molar-refractivity contribution is -0.137. The zero-order chi connectivity index (χ0) is 21.9. The molecule has 1 unspecified atom stereocenters. The molecule has 2 aromatic rings. The number of halogens is 4. The van der Waals surface area contributed by atoms with E-state index < -0.39 is 11.7 Å². The van der Waals surface area contributed by atoms with Gasteiger partial charge in [0.2, 0.25) is 5.91 Å². The van der Waals surface area contributed by atoms with Gasteiger partial charge < -0.3 is 10.6 Å². The highest BCUT2D eigenvalue weighted by Crippen LogP contribution is 2.33. The van der Waals surface area contributed by atoms with Crippen LogP contribution in [0.1, 0.15) is 39.2 Å². The molecule has 0 saturated heterocycles. The van der Waals surface area contributed by atoms with Crippen LogP contribution >= 0.6 is 0 Å². The van der Waals surface area contributed by atoms with Gasteiger partial charge in [0.1, 0.15) is 11.6 Å². The maximum atomic E-state index is 12.6. The zero-order valence-corrected chi connectivity index (χ0v) is 16.6. The number of benzene rings is 1. The van der Waals surface area contributed by atoms with Gasteiger partial charge in [-0.05, 0) is 55.9 Å². The van der Waals surface area contributed by atoms with Crippen LogP contribution in [0.15, 0.2) is 54.9 Å². The Hall–Kier alpha value is -2.90. The number of carbonyl (C=O) groups is 1.